The minimum absolute atomic E-state index is 0.0689. The largest absolute Gasteiger partial charge is 0.485 e. The summed E-state index contributed by atoms with van der Waals surface area (Å²) in [5, 5.41) is 12.3. The van der Waals surface area contributed by atoms with Crippen molar-refractivity contribution in [2.24, 2.45) is 13.0 Å². The first-order chi connectivity index (χ1) is 13.0. The molecule has 1 aromatic carbocycles. The molecule has 6 nitrogen and oxygen atoms in total. The molecule has 0 aliphatic heterocycles. The fraction of sp³-hybridized carbons (Fsp3) is 0.550. The molecule has 1 heterocycles. The molecule has 1 aliphatic carbocycles. The van der Waals surface area contributed by atoms with Crippen LogP contribution < -0.4 is 10.1 Å². The highest BCUT2D eigenvalue weighted by atomic mass is 32.2. The van der Waals surface area contributed by atoms with Crippen molar-refractivity contribution in [1.82, 2.24) is 20.1 Å². The van der Waals surface area contributed by atoms with Crippen LogP contribution in [0.25, 0.3) is 0 Å². The van der Waals surface area contributed by atoms with Gasteiger partial charge in [-0.05, 0) is 37.3 Å². The van der Waals surface area contributed by atoms with E-state index >= 15 is 0 Å². The Morgan fingerprint density at radius 2 is 2.07 bits per heavy atom. The van der Waals surface area contributed by atoms with Crippen LogP contribution in [0.2, 0.25) is 0 Å². The van der Waals surface area contributed by atoms with Crippen molar-refractivity contribution in [3.8, 4) is 5.75 Å². The lowest BCUT2D eigenvalue weighted by atomic mass is 9.86. The molecule has 7 heteroatoms. The molecular weight excluding hydrogens is 360 g/mol. The molecule has 2 aromatic rings. The number of carbonyl (C=O) groups is 1. The van der Waals surface area contributed by atoms with Crippen molar-refractivity contribution in [2.45, 2.75) is 57.3 Å². The summed E-state index contributed by atoms with van der Waals surface area (Å²) in [5.74, 6) is 2.57. The molecule has 1 aliphatic rings. The third-order valence-electron chi connectivity index (χ3n) is 5.17. The van der Waals surface area contributed by atoms with Crippen LogP contribution in [0.5, 0.6) is 5.75 Å². The van der Waals surface area contributed by atoms with Crippen molar-refractivity contribution < 1.29 is 9.53 Å². The second-order valence-electron chi connectivity index (χ2n) is 7.24. The molecule has 27 heavy (non-hydrogen) atoms. The van der Waals surface area contributed by atoms with Gasteiger partial charge in [0, 0.05) is 13.1 Å². The normalized spacial score (nSPS) is 19.7. The van der Waals surface area contributed by atoms with Gasteiger partial charge in [0.15, 0.2) is 11.0 Å². The van der Waals surface area contributed by atoms with Gasteiger partial charge in [-0.15, -0.1) is 10.2 Å². The molecule has 0 radical (unpaired) electrons. The first-order valence-electron chi connectivity index (χ1n) is 9.53. The summed E-state index contributed by atoms with van der Waals surface area (Å²) in [6.45, 7) is 4.58. The number of aromatic nitrogens is 3. The van der Waals surface area contributed by atoms with Crippen molar-refractivity contribution >= 4 is 17.7 Å². The third-order valence-corrected chi connectivity index (χ3v) is 6.19. The number of ether oxygens (including phenoxy) is 1. The molecule has 0 spiro atoms. The number of nitrogens with zero attached hydrogens (tertiary/aromatic N) is 3. The predicted octanol–water partition coefficient (Wildman–Crippen LogP) is 3.49. The van der Waals surface area contributed by atoms with Gasteiger partial charge in [-0.3, -0.25) is 4.79 Å². The zero-order valence-corrected chi connectivity index (χ0v) is 17.1. The van der Waals surface area contributed by atoms with Crippen LogP contribution >= 0.6 is 11.8 Å². The van der Waals surface area contributed by atoms with Crippen LogP contribution in [0, 0.1) is 12.8 Å². The second-order valence-corrected chi connectivity index (χ2v) is 8.18. The van der Waals surface area contributed by atoms with E-state index in [0.29, 0.717) is 24.3 Å². The number of hydrogen-bond donors (Lipinski definition) is 1. The summed E-state index contributed by atoms with van der Waals surface area (Å²) in [4.78, 5) is 12.3. The van der Waals surface area contributed by atoms with Gasteiger partial charge in [-0.1, -0.05) is 49.7 Å². The molecule has 1 fully saturated rings. The number of para-hydroxylation sites is 1. The van der Waals surface area contributed by atoms with Gasteiger partial charge in [0.1, 0.15) is 12.4 Å². The smallest absolute Gasteiger partial charge is 0.230 e. The molecule has 0 unspecified atom stereocenters. The molecule has 2 atom stereocenters. The predicted molar refractivity (Wildman–Crippen MR) is 107 cm³/mol. The van der Waals surface area contributed by atoms with E-state index in [4.69, 9.17) is 4.74 Å². The monoisotopic (exact) mass is 388 g/mol. The zero-order valence-electron chi connectivity index (χ0n) is 16.3. The second kappa shape index (κ2) is 9.26. The average Bonchev–Trinajstić information content (AvgIpc) is 3.01. The van der Waals surface area contributed by atoms with Crippen LogP contribution in [-0.2, 0) is 18.4 Å². The summed E-state index contributed by atoms with van der Waals surface area (Å²) < 4.78 is 7.73. The van der Waals surface area contributed by atoms with Crippen LogP contribution in [0.4, 0.5) is 0 Å². The number of aryl methyl sites for hydroxylation is 1. The van der Waals surface area contributed by atoms with Crippen molar-refractivity contribution in [1.29, 1.82) is 0 Å². The van der Waals surface area contributed by atoms with Crippen LogP contribution in [0.3, 0.4) is 0 Å². The SMILES string of the molecule is Cc1ccccc1OCc1nnc(SCC(=O)N[C@@H]2CCCC[C@H]2C)n1C. The topological polar surface area (TPSA) is 69.0 Å². The Morgan fingerprint density at radius 3 is 2.85 bits per heavy atom. The summed E-state index contributed by atoms with van der Waals surface area (Å²) in [6.07, 6.45) is 4.76. The van der Waals surface area contributed by atoms with Gasteiger partial charge in [-0.2, -0.15) is 0 Å². The van der Waals surface area contributed by atoms with Gasteiger partial charge in [-0.25, -0.2) is 0 Å². The number of carbonyl (C=O) groups excluding carboxylic acids is 1. The molecular formula is C20H28N4O2S. The Morgan fingerprint density at radius 1 is 1.30 bits per heavy atom. The lowest BCUT2D eigenvalue weighted by molar-refractivity contribution is -0.119. The Balaban J connectivity index is 1.49. The van der Waals surface area contributed by atoms with E-state index < -0.39 is 0 Å². The highest BCUT2D eigenvalue weighted by Gasteiger charge is 2.23. The van der Waals surface area contributed by atoms with Crippen LogP contribution in [-0.4, -0.2) is 32.5 Å². The summed E-state index contributed by atoms with van der Waals surface area (Å²) in [6, 6.07) is 8.20. The minimum atomic E-state index is 0.0689. The molecule has 0 bridgehead atoms. The van der Waals surface area contributed by atoms with Crippen molar-refractivity contribution in [2.75, 3.05) is 5.75 Å². The number of rotatable bonds is 7. The van der Waals surface area contributed by atoms with E-state index in [0.717, 1.165) is 28.7 Å². The molecule has 1 amide bonds. The molecule has 1 N–H and O–H groups in total. The first kappa shape index (κ1) is 19.7. The highest BCUT2D eigenvalue weighted by molar-refractivity contribution is 7.99. The van der Waals surface area contributed by atoms with E-state index in [-0.39, 0.29) is 5.91 Å². The summed E-state index contributed by atoms with van der Waals surface area (Å²) in [5.41, 5.74) is 1.09. The Labute approximate surface area is 165 Å². The lowest BCUT2D eigenvalue weighted by Crippen LogP contribution is -2.41. The maximum Gasteiger partial charge on any atom is 0.230 e. The molecule has 0 saturated heterocycles. The van der Waals surface area contributed by atoms with E-state index in [1.54, 1.807) is 0 Å². The van der Waals surface area contributed by atoms with E-state index in [9.17, 15) is 4.79 Å². The molecule has 146 valence electrons. The molecule has 3 rings (SSSR count). The number of thioether (sulfide) groups is 1. The maximum atomic E-state index is 12.3. The fourth-order valence-electron chi connectivity index (χ4n) is 3.37. The van der Waals surface area contributed by atoms with Gasteiger partial charge >= 0.3 is 0 Å². The minimum Gasteiger partial charge on any atom is -0.485 e. The van der Waals surface area contributed by atoms with Crippen molar-refractivity contribution in [3.05, 3.63) is 35.7 Å². The molecule has 1 aromatic heterocycles. The maximum absolute atomic E-state index is 12.3. The fourth-order valence-corrected chi connectivity index (χ4v) is 4.11. The van der Waals surface area contributed by atoms with Gasteiger partial charge < -0.3 is 14.6 Å². The standard InChI is InChI=1S/C20H28N4O2S/c1-14-8-4-6-10-16(14)21-19(25)13-27-20-23-22-18(24(20)3)12-26-17-11-7-5-9-15(17)2/h5,7,9,11,14,16H,4,6,8,10,12-13H2,1-3H3,(H,21,25)/t14-,16-/m1/s1. The van der Waals surface area contributed by atoms with Gasteiger partial charge in [0.2, 0.25) is 5.91 Å². The van der Waals surface area contributed by atoms with E-state index in [2.05, 4.69) is 22.4 Å². The number of nitrogens with one attached hydrogen (secondary N) is 1. The van der Waals surface area contributed by atoms with Gasteiger partial charge in [0.25, 0.3) is 0 Å². The number of amides is 1. The Bertz CT molecular complexity index is 777. The quantitative estimate of drug-likeness (QED) is 0.736. The highest BCUT2D eigenvalue weighted by Crippen LogP contribution is 2.24. The lowest BCUT2D eigenvalue weighted by Gasteiger charge is -2.29. The van der Waals surface area contributed by atoms with Crippen LogP contribution in [0.15, 0.2) is 29.4 Å². The van der Waals surface area contributed by atoms with E-state index in [1.165, 1.54) is 31.0 Å². The number of benzene rings is 1. The van der Waals surface area contributed by atoms with Gasteiger partial charge in [0.05, 0.1) is 5.75 Å². The zero-order chi connectivity index (χ0) is 19.2. The molecule has 1 saturated carbocycles. The summed E-state index contributed by atoms with van der Waals surface area (Å²) >= 11 is 1.41. The van der Waals surface area contributed by atoms with Crippen molar-refractivity contribution in [3.63, 3.8) is 0 Å². The Hall–Kier alpha value is -2.02. The summed E-state index contributed by atoms with van der Waals surface area (Å²) in [7, 11) is 1.90. The average molecular weight is 389 g/mol. The Kier molecular flexibility index (Phi) is 6.77. The van der Waals surface area contributed by atoms with Crippen LogP contribution in [0.1, 0.15) is 44.0 Å². The third kappa shape index (κ3) is 5.25. The number of hydrogen-bond acceptors (Lipinski definition) is 5. The van der Waals surface area contributed by atoms with E-state index in [1.807, 2.05) is 42.8 Å². The first-order valence-corrected chi connectivity index (χ1v) is 10.5.